The lowest BCUT2D eigenvalue weighted by molar-refractivity contribution is -0.388. The lowest BCUT2D eigenvalue weighted by Gasteiger charge is -2.11. The number of rotatable bonds is 5. The van der Waals surface area contributed by atoms with Gasteiger partial charge in [-0.05, 0) is 34.1 Å². The maximum absolute atomic E-state index is 13.1. The standard InChI is InChI=1S/C12H9BrFN3O5S/c1-22-12-9(4-7(13)6-15-12)16-23(20,21)11-3-2-8(14)5-10(11)17(18)19/h2-6,16H,1H3. The molecular formula is C12H9BrFN3O5S. The summed E-state index contributed by atoms with van der Waals surface area (Å²) in [6.07, 6.45) is 1.39. The zero-order valence-electron chi connectivity index (χ0n) is 11.5. The zero-order chi connectivity index (χ0) is 17.2. The molecule has 23 heavy (non-hydrogen) atoms. The third-order valence-electron chi connectivity index (χ3n) is 2.66. The quantitative estimate of drug-likeness (QED) is 0.604. The molecule has 0 aliphatic carbocycles. The van der Waals surface area contributed by atoms with Crippen LogP contribution in [0.3, 0.4) is 0 Å². The molecule has 11 heteroatoms. The Balaban J connectivity index is 2.52. The van der Waals surface area contributed by atoms with Gasteiger partial charge in [-0.1, -0.05) is 0 Å². The van der Waals surface area contributed by atoms with Gasteiger partial charge in [0, 0.05) is 10.7 Å². The van der Waals surface area contributed by atoms with Crippen molar-refractivity contribution < 1.29 is 22.5 Å². The van der Waals surface area contributed by atoms with Crippen molar-refractivity contribution in [1.82, 2.24) is 4.98 Å². The lowest BCUT2D eigenvalue weighted by Crippen LogP contribution is -2.16. The molecule has 1 N–H and O–H groups in total. The molecule has 0 spiro atoms. The maximum atomic E-state index is 13.1. The molecule has 0 radical (unpaired) electrons. The summed E-state index contributed by atoms with van der Waals surface area (Å²) in [6.45, 7) is 0. The summed E-state index contributed by atoms with van der Waals surface area (Å²) < 4.78 is 45.4. The first-order valence-corrected chi connectivity index (χ1v) is 8.18. The third-order valence-corrected chi connectivity index (χ3v) is 4.51. The van der Waals surface area contributed by atoms with E-state index < -0.39 is 31.3 Å². The summed E-state index contributed by atoms with van der Waals surface area (Å²) in [7, 11) is -3.07. The minimum atomic E-state index is -4.35. The summed E-state index contributed by atoms with van der Waals surface area (Å²) in [5, 5.41) is 11.0. The molecule has 2 rings (SSSR count). The monoisotopic (exact) mass is 405 g/mol. The number of hydrogen-bond donors (Lipinski definition) is 1. The van der Waals surface area contributed by atoms with Crippen LogP contribution in [0.5, 0.6) is 5.88 Å². The van der Waals surface area contributed by atoms with Gasteiger partial charge in [-0.3, -0.25) is 14.8 Å². The number of pyridine rings is 1. The van der Waals surface area contributed by atoms with Crippen LogP contribution >= 0.6 is 15.9 Å². The Labute approximate surface area is 138 Å². The first-order valence-electron chi connectivity index (χ1n) is 5.91. The first-order chi connectivity index (χ1) is 10.7. The number of anilines is 1. The van der Waals surface area contributed by atoms with Gasteiger partial charge >= 0.3 is 0 Å². The van der Waals surface area contributed by atoms with E-state index in [1.165, 1.54) is 19.4 Å². The fourth-order valence-corrected chi connectivity index (χ4v) is 3.26. The number of nitro groups is 1. The van der Waals surface area contributed by atoms with Crippen molar-refractivity contribution in [1.29, 1.82) is 0 Å². The van der Waals surface area contributed by atoms with E-state index >= 15 is 0 Å². The fraction of sp³-hybridized carbons (Fsp3) is 0.0833. The molecule has 1 heterocycles. The van der Waals surface area contributed by atoms with Crippen LogP contribution < -0.4 is 9.46 Å². The fourth-order valence-electron chi connectivity index (χ4n) is 1.72. The highest BCUT2D eigenvalue weighted by Gasteiger charge is 2.27. The van der Waals surface area contributed by atoms with Gasteiger partial charge < -0.3 is 4.74 Å². The Kier molecular flexibility index (Phi) is 4.80. The van der Waals surface area contributed by atoms with E-state index in [9.17, 15) is 22.9 Å². The Morgan fingerprint density at radius 1 is 1.39 bits per heavy atom. The largest absolute Gasteiger partial charge is 0.479 e. The number of methoxy groups -OCH3 is 1. The number of sulfonamides is 1. The van der Waals surface area contributed by atoms with Gasteiger partial charge in [-0.25, -0.2) is 17.8 Å². The van der Waals surface area contributed by atoms with E-state index in [0.29, 0.717) is 10.5 Å². The Hall–Kier alpha value is -2.27. The smallest absolute Gasteiger partial charge is 0.292 e. The number of halogens is 2. The van der Waals surface area contributed by atoms with Gasteiger partial charge in [0.1, 0.15) is 11.5 Å². The lowest BCUT2D eigenvalue weighted by atomic mass is 10.3. The molecule has 0 unspecified atom stereocenters. The van der Waals surface area contributed by atoms with Crippen molar-refractivity contribution in [2.45, 2.75) is 4.90 Å². The highest BCUT2D eigenvalue weighted by Crippen LogP contribution is 2.30. The number of ether oxygens (including phenoxy) is 1. The van der Waals surface area contributed by atoms with Crippen LogP contribution in [0.1, 0.15) is 0 Å². The van der Waals surface area contributed by atoms with Crippen molar-refractivity contribution in [3.63, 3.8) is 0 Å². The number of aromatic nitrogens is 1. The number of benzene rings is 1. The van der Waals surface area contributed by atoms with Crippen molar-refractivity contribution in [2.75, 3.05) is 11.8 Å². The summed E-state index contributed by atoms with van der Waals surface area (Å²) >= 11 is 3.13. The van der Waals surface area contributed by atoms with E-state index in [-0.39, 0.29) is 11.6 Å². The van der Waals surface area contributed by atoms with Crippen molar-refractivity contribution in [3.8, 4) is 5.88 Å². The van der Waals surface area contributed by atoms with Crippen LogP contribution in [-0.2, 0) is 10.0 Å². The highest BCUT2D eigenvalue weighted by atomic mass is 79.9. The van der Waals surface area contributed by atoms with E-state index in [1.807, 2.05) is 0 Å². The van der Waals surface area contributed by atoms with E-state index in [1.54, 1.807) is 0 Å². The number of nitrogens with one attached hydrogen (secondary N) is 1. The summed E-state index contributed by atoms with van der Waals surface area (Å²) in [5.41, 5.74) is -0.903. The van der Waals surface area contributed by atoms with Crippen LogP contribution in [0, 0.1) is 15.9 Å². The van der Waals surface area contributed by atoms with Crippen molar-refractivity contribution >= 4 is 37.3 Å². The molecule has 8 nitrogen and oxygen atoms in total. The molecule has 122 valence electrons. The van der Waals surface area contributed by atoms with Gasteiger partial charge in [0.15, 0.2) is 4.90 Å². The molecule has 0 saturated heterocycles. The van der Waals surface area contributed by atoms with Gasteiger partial charge in [0.25, 0.3) is 15.7 Å². The van der Waals surface area contributed by atoms with Crippen LogP contribution in [0.2, 0.25) is 0 Å². The molecule has 1 aromatic carbocycles. The highest BCUT2D eigenvalue weighted by molar-refractivity contribution is 9.10. The number of nitro benzene ring substituents is 1. The van der Waals surface area contributed by atoms with Crippen LogP contribution in [-0.4, -0.2) is 25.4 Å². The molecule has 0 aliphatic heterocycles. The van der Waals surface area contributed by atoms with Gasteiger partial charge in [0.2, 0.25) is 5.88 Å². The minimum absolute atomic E-state index is 0.0264. The average Bonchev–Trinajstić information content (AvgIpc) is 2.46. The van der Waals surface area contributed by atoms with Crippen LogP contribution in [0.4, 0.5) is 15.8 Å². The summed E-state index contributed by atoms with van der Waals surface area (Å²) in [4.78, 5) is 13.2. The molecule has 0 aliphatic rings. The summed E-state index contributed by atoms with van der Waals surface area (Å²) in [5.74, 6) is -0.945. The molecular weight excluding hydrogens is 397 g/mol. The topological polar surface area (TPSA) is 111 Å². The Morgan fingerprint density at radius 2 is 2.09 bits per heavy atom. The number of hydrogen-bond acceptors (Lipinski definition) is 6. The SMILES string of the molecule is COc1ncc(Br)cc1NS(=O)(=O)c1ccc(F)cc1[N+](=O)[O-]. The summed E-state index contributed by atoms with van der Waals surface area (Å²) in [6, 6.07) is 3.54. The Morgan fingerprint density at radius 3 is 2.70 bits per heavy atom. The molecule has 0 bridgehead atoms. The molecule has 0 atom stereocenters. The van der Waals surface area contributed by atoms with Gasteiger partial charge in [-0.2, -0.15) is 0 Å². The predicted octanol–water partition coefficient (Wildman–Crippen LogP) is 2.70. The Bertz CT molecular complexity index is 875. The predicted molar refractivity (Wildman–Crippen MR) is 82.4 cm³/mol. The maximum Gasteiger partial charge on any atom is 0.292 e. The van der Waals surface area contributed by atoms with E-state index in [4.69, 9.17) is 4.74 Å². The molecule has 2 aromatic rings. The zero-order valence-corrected chi connectivity index (χ0v) is 13.9. The second-order valence-electron chi connectivity index (χ2n) is 4.19. The molecule has 1 aromatic heterocycles. The van der Waals surface area contributed by atoms with Crippen LogP contribution in [0.15, 0.2) is 39.8 Å². The molecule has 0 saturated carbocycles. The average molecular weight is 406 g/mol. The second kappa shape index (κ2) is 6.46. The molecule has 0 fully saturated rings. The van der Waals surface area contributed by atoms with Crippen LogP contribution in [0.25, 0.3) is 0 Å². The van der Waals surface area contributed by atoms with Gasteiger partial charge in [0.05, 0.1) is 18.1 Å². The van der Waals surface area contributed by atoms with Crippen molar-refractivity contribution in [3.05, 3.63) is 50.9 Å². The van der Waals surface area contributed by atoms with Crippen molar-refractivity contribution in [2.24, 2.45) is 0 Å². The van der Waals surface area contributed by atoms with Gasteiger partial charge in [-0.15, -0.1) is 0 Å². The van der Waals surface area contributed by atoms with E-state index in [0.717, 1.165) is 12.1 Å². The van der Waals surface area contributed by atoms with E-state index in [2.05, 4.69) is 25.6 Å². The normalized spacial score (nSPS) is 11.1. The second-order valence-corrected chi connectivity index (χ2v) is 6.75. The minimum Gasteiger partial charge on any atom is -0.479 e. The number of nitrogens with zero attached hydrogens (tertiary/aromatic N) is 2. The first kappa shape index (κ1) is 17.1. The molecule has 0 amide bonds. The third kappa shape index (κ3) is 3.74.